The fraction of sp³-hybridized carbons (Fsp3) is 0.231. The van der Waals surface area contributed by atoms with E-state index in [1.807, 2.05) is 12.1 Å². The maximum Gasteiger partial charge on any atom is 0.321 e. The number of nitrogens with two attached hydrogens (primary N) is 1. The Bertz CT molecular complexity index is 603. The minimum Gasteiger partial charge on any atom is -0.480 e. The number of hydrogen-bond donors (Lipinski definition) is 2. The van der Waals surface area contributed by atoms with Crippen LogP contribution >= 0.6 is 23.4 Å². The number of rotatable bonds is 6. The summed E-state index contributed by atoms with van der Waals surface area (Å²) in [5, 5.41) is 9.29. The molecule has 20 heavy (non-hydrogen) atoms. The maximum absolute atomic E-state index is 10.6. The monoisotopic (exact) mass is 312 g/mol. The molecule has 2 aromatic rings. The average molecular weight is 313 g/mol. The number of benzene rings is 1. The van der Waals surface area contributed by atoms with Crippen molar-refractivity contribution >= 4 is 29.3 Å². The standard InChI is InChI=1S/C13H13ClN2O3S/c14-9-3-1-2-8(4-9)12-16-10(5-19-12)6-20-7-11(15)13(17)18/h1-5,11H,6-7,15H2,(H,17,18). The van der Waals surface area contributed by atoms with Gasteiger partial charge in [-0.1, -0.05) is 17.7 Å². The minimum absolute atomic E-state index is 0.328. The molecule has 106 valence electrons. The maximum atomic E-state index is 10.6. The molecule has 0 spiro atoms. The number of thioether (sulfide) groups is 1. The summed E-state index contributed by atoms with van der Waals surface area (Å²) >= 11 is 7.31. The molecule has 0 aliphatic rings. The van der Waals surface area contributed by atoms with E-state index in [0.717, 1.165) is 11.3 Å². The molecule has 3 N–H and O–H groups in total. The summed E-state index contributed by atoms with van der Waals surface area (Å²) in [4.78, 5) is 14.9. The third-order valence-electron chi connectivity index (χ3n) is 2.49. The molecule has 0 radical (unpaired) electrons. The number of aromatic nitrogens is 1. The topological polar surface area (TPSA) is 89.4 Å². The van der Waals surface area contributed by atoms with Crippen LogP contribution in [0.3, 0.4) is 0 Å². The van der Waals surface area contributed by atoms with E-state index in [0.29, 0.717) is 22.4 Å². The first-order valence-corrected chi connectivity index (χ1v) is 7.36. The highest BCUT2D eigenvalue weighted by atomic mass is 35.5. The van der Waals surface area contributed by atoms with Crippen molar-refractivity contribution in [1.82, 2.24) is 4.98 Å². The molecule has 0 amide bonds. The molecule has 1 aromatic carbocycles. The summed E-state index contributed by atoms with van der Waals surface area (Å²) in [7, 11) is 0. The van der Waals surface area contributed by atoms with Crippen LogP contribution < -0.4 is 5.73 Å². The summed E-state index contributed by atoms with van der Waals surface area (Å²) < 4.78 is 5.38. The first-order valence-electron chi connectivity index (χ1n) is 5.82. The minimum atomic E-state index is -1.00. The largest absolute Gasteiger partial charge is 0.480 e. The van der Waals surface area contributed by atoms with Gasteiger partial charge in [0.1, 0.15) is 12.3 Å². The van der Waals surface area contributed by atoms with Gasteiger partial charge in [-0.15, -0.1) is 0 Å². The molecule has 1 atom stereocenters. The summed E-state index contributed by atoms with van der Waals surface area (Å²) in [6.45, 7) is 0. The first-order chi connectivity index (χ1) is 9.56. The molecule has 1 heterocycles. The van der Waals surface area contributed by atoms with Gasteiger partial charge in [0, 0.05) is 22.1 Å². The van der Waals surface area contributed by atoms with E-state index < -0.39 is 12.0 Å². The first kappa shape index (κ1) is 14.9. The Labute approximate surface area is 125 Å². The van der Waals surface area contributed by atoms with E-state index >= 15 is 0 Å². The van der Waals surface area contributed by atoms with Crippen molar-refractivity contribution in [1.29, 1.82) is 0 Å². The third kappa shape index (κ3) is 4.00. The zero-order valence-corrected chi connectivity index (χ0v) is 12.0. The van der Waals surface area contributed by atoms with Crippen LogP contribution in [-0.2, 0) is 10.5 Å². The van der Waals surface area contributed by atoms with Gasteiger partial charge in [0.05, 0.1) is 5.69 Å². The van der Waals surface area contributed by atoms with Crippen molar-refractivity contribution in [2.24, 2.45) is 5.73 Å². The van der Waals surface area contributed by atoms with E-state index in [2.05, 4.69) is 4.98 Å². The van der Waals surface area contributed by atoms with E-state index in [-0.39, 0.29) is 0 Å². The van der Waals surface area contributed by atoms with E-state index in [1.54, 1.807) is 18.4 Å². The van der Waals surface area contributed by atoms with Gasteiger partial charge >= 0.3 is 5.97 Å². The van der Waals surface area contributed by atoms with Crippen LogP contribution in [0.5, 0.6) is 0 Å². The van der Waals surface area contributed by atoms with Crippen LogP contribution in [0.1, 0.15) is 5.69 Å². The Kier molecular flexibility index (Phi) is 5.05. The number of aliphatic carboxylic acids is 1. The molecule has 1 unspecified atom stereocenters. The summed E-state index contributed by atoms with van der Waals surface area (Å²) in [5.41, 5.74) is 6.95. The van der Waals surface area contributed by atoms with Crippen molar-refractivity contribution in [3.8, 4) is 11.5 Å². The van der Waals surface area contributed by atoms with Crippen LogP contribution in [0.15, 0.2) is 34.9 Å². The number of hydrogen-bond acceptors (Lipinski definition) is 5. The fourth-order valence-electron chi connectivity index (χ4n) is 1.49. The Hall–Kier alpha value is -1.50. The molecule has 0 fully saturated rings. The molecule has 5 nitrogen and oxygen atoms in total. The van der Waals surface area contributed by atoms with Gasteiger partial charge in [-0.2, -0.15) is 11.8 Å². The van der Waals surface area contributed by atoms with Crippen LogP contribution in [0.4, 0.5) is 0 Å². The number of nitrogens with zero attached hydrogens (tertiary/aromatic N) is 1. The second-order valence-electron chi connectivity index (χ2n) is 4.11. The molecular weight excluding hydrogens is 300 g/mol. The lowest BCUT2D eigenvalue weighted by molar-refractivity contribution is -0.137. The Morgan fingerprint density at radius 3 is 3.05 bits per heavy atom. The fourth-order valence-corrected chi connectivity index (χ4v) is 2.54. The molecule has 0 saturated carbocycles. The summed E-state index contributed by atoms with van der Waals surface area (Å²) in [5.74, 6) is 0.364. The van der Waals surface area contributed by atoms with Crippen molar-refractivity contribution in [2.45, 2.75) is 11.8 Å². The normalized spacial score (nSPS) is 12.3. The quantitative estimate of drug-likeness (QED) is 0.852. The van der Waals surface area contributed by atoms with E-state index in [4.69, 9.17) is 26.9 Å². The van der Waals surface area contributed by atoms with E-state index in [9.17, 15) is 4.79 Å². The van der Waals surface area contributed by atoms with Crippen molar-refractivity contribution in [2.75, 3.05) is 5.75 Å². The highest BCUT2D eigenvalue weighted by molar-refractivity contribution is 7.98. The lowest BCUT2D eigenvalue weighted by Gasteiger charge is -2.03. The second kappa shape index (κ2) is 6.78. The highest BCUT2D eigenvalue weighted by Crippen LogP contribution is 2.23. The third-order valence-corrected chi connectivity index (χ3v) is 3.82. The second-order valence-corrected chi connectivity index (χ2v) is 5.58. The van der Waals surface area contributed by atoms with Crippen LogP contribution in [0.25, 0.3) is 11.5 Å². The van der Waals surface area contributed by atoms with Crippen molar-refractivity contribution < 1.29 is 14.3 Å². The van der Waals surface area contributed by atoms with Gasteiger partial charge in [-0.25, -0.2) is 4.98 Å². The van der Waals surface area contributed by atoms with Crippen LogP contribution in [-0.4, -0.2) is 27.9 Å². The smallest absolute Gasteiger partial charge is 0.321 e. The average Bonchev–Trinajstić information content (AvgIpc) is 2.87. The predicted molar refractivity (Wildman–Crippen MR) is 78.7 cm³/mol. The zero-order chi connectivity index (χ0) is 14.5. The van der Waals surface area contributed by atoms with Crippen LogP contribution in [0.2, 0.25) is 5.02 Å². The number of halogens is 1. The Morgan fingerprint density at radius 2 is 2.35 bits per heavy atom. The Balaban J connectivity index is 1.94. The summed E-state index contributed by atoms with van der Waals surface area (Å²) in [6, 6.07) is 6.36. The molecule has 0 saturated heterocycles. The lowest BCUT2D eigenvalue weighted by Crippen LogP contribution is -2.32. The molecular formula is C13H13ClN2O3S. The van der Waals surface area contributed by atoms with Crippen LogP contribution in [0, 0.1) is 0 Å². The Morgan fingerprint density at radius 1 is 1.55 bits per heavy atom. The number of carboxylic acids is 1. The van der Waals surface area contributed by atoms with E-state index in [1.165, 1.54) is 11.8 Å². The number of oxazole rings is 1. The van der Waals surface area contributed by atoms with Gasteiger partial charge in [-0.05, 0) is 18.2 Å². The van der Waals surface area contributed by atoms with Gasteiger partial charge in [0.2, 0.25) is 5.89 Å². The zero-order valence-electron chi connectivity index (χ0n) is 10.5. The molecule has 2 rings (SSSR count). The van der Waals surface area contributed by atoms with Crippen molar-refractivity contribution in [3.63, 3.8) is 0 Å². The number of carbonyl (C=O) groups is 1. The van der Waals surface area contributed by atoms with Crippen molar-refractivity contribution in [3.05, 3.63) is 41.2 Å². The highest BCUT2D eigenvalue weighted by Gasteiger charge is 2.12. The molecule has 0 bridgehead atoms. The lowest BCUT2D eigenvalue weighted by atomic mass is 10.2. The number of carboxylic acid groups (broad SMARTS) is 1. The van der Waals surface area contributed by atoms with Gasteiger partial charge in [0.15, 0.2) is 0 Å². The SMILES string of the molecule is NC(CSCc1coc(-c2cccc(Cl)c2)n1)C(=O)O. The molecule has 1 aromatic heterocycles. The molecule has 7 heteroatoms. The predicted octanol–water partition coefficient (Wildman–Crippen LogP) is 2.64. The molecule has 0 aliphatic heterocycles. The van der Waals surface area contributed by atoms with Gasteiger partial charge < -0.3 is 15.3 Å². The summed E-state index contributed by atoms with van der Waals surface area (Å²) in [6.07, 6.45) is 1.55. The molecule has 0 aliphatic carbocycles. The van der Waals surface area contributed by atoms with Gasteiger partial charge in [0.25, 0.3) is 0 Å². The van der Waals surface area contributed by atoms with Gasteiger partial charge in [-0.3, -0.25) is 4.79 Å².